The second kappa shape index (κ2) is 7.80. The van der Waals surface area contributed by atoms with Crippen molar-refractivity contribution in [1.29, 1.82) is 0 Å². The number of rotatable bonds is 7. The summed E-state index contributed by atoms with van der Waals surface area (Å²) < 4.78 is 12.3. The van der Waals surface area contributed by atoms with E-state index in [2.05, 4.69) is 10.3 Å². The summed E-state index contributed by atoms with van der Waals surface area (Å²) >= 11 is 1.34. The number of thiazole rings is 1. The monoisotopic (exact) mass is 359 g/mol. The molecule has 1 N–H and O–H groups in total. The number of amides is 1. The number of nitrogens with zero attached hydrogens (tertiary/aromatic N) is 2. The quantitative estimate of drug-likeness (QED) is 0.652. The molecule has 0 radical (unpaired) electrons. The summed E-state index contributed by atoms with van der Waals surface area (Å²) in [4.78, 5) is 29.0. The number of fused-ring (bicyclic) bond motifs is 1. The number of carbonyl (C=O) groups excluding carboxylic acids is 1. The fourth-order valence-electron chi connectivity index (χ4n) is 2.21. The summed E-state index contributed by atoms with van der Waals surface area (Å²) in [5, 5.41) is 4.41. The summed E-state index contributed by atoms with van der Waals surface area (Å²) in [5.41, 5.74) is -0.367. The number of aromatic nitrogens is 2. The summed E-state index contributed by atoms with van der Waals surface area (Å²) in [7, 11) is 0. The van der Waals surface area contributed by atoms with Crippen LogP contribution in [0.25, 0.3) is 4.96 Å². The zero-order chi connectivity index (χ0) is 17.6. The molecule has 0 spiro atoms. The largest absolute Gasteiger partial charge is 0.494 e. The van der Waals surface area contributed by atoms with Gasteiger partial charge in [-0.2, -0.15) is 0 Å². The van der Waals surface area contributed by atoms with Crippen LogP contribution >= 0.6 is 11.3 Å². The van der Waals surface area contributed by atoms with Crippen LogP contribution in [0.3, 0.4) is 0 Å². The summed E-state index contributed by atoms with van der Waals surface area (Å²) in [6, 6.07) is 7.24. The van der Waals surface area contributed by atoms with Crippen LogP contribution in [-0.4, -0.2) is 35.1 Å². The molecule has 130 valence electrons. The molecule has 0 saturated heterocycles. The molecule has 0 atom stereocenters. The lowest BCUT2D eigenvalue weighted by Gasteiger charge is -2.08. The average molecular weight is 359 g/mol. The Balaban J connectivity index is 1.52. The minimum atomic E-state index is -0.464. The molecule has 2 aromatic heterocycles. The smallest absolute Gasteiger partial charge is 0.271 e. The number of carbonyl (C=O) groups is 1. The highest BCUT2D eigenvalue weighted by molar-refractivity contribution is 7.15. The van der Waals surface area contributed by atoms with Gasteiger partial charge in [-0.1, -0.05) is 0 Å². The first-order valence-corrected chi connectivity index (χ1v) is 8.65. The van der Waals surface area contributed by atoms with Gasteiger partial charge in [0.25, 0.3) is 11.5 Å². The van der Waals surface area contributed by atoms with Crippen molar-refractivity contribution in [3.8, 4) is 11.5 Å². The number of benzene rings is 1. The predicted octanol–water partition coefficient (Wildman–Crippen LogP) is 1.96. The highest BCUT2D eigenvalue weighted by Gasteiger charge is 2.13. The SMILES string of the molecule is CCOc1ccc(OCCNC(=O)c2cnc3sccn3c2=O)cc1. The summed E-state index contributed by atoms with van der Waals surface area (Å²) in [5.74, 6) is 0.993. The van der Waals surface area contributed by atoms with Crippen LogP contribution in [0, 0.1) is 0 Å². The van der Waals surface area contributed by atoms with Gasteiger partial charge in [0.1, 0.15) is 23.7 Å². The third-order valence-electron chi connectivity index (χ3n) is 3.38. The zero-order valence-electron chi connectivity index (χ0n) is 13.6. The molecule has 25 heavy (non-hydrogen) atoms. The lowest BCUT2D eigenvalue weighted by molar-refractivity contribution is 0.0945. The highest BCUT2D eigenvalue weighted by Crippen LogP contribution is 2.17. The molecule has 0 aliphatic rings. The van der Waals surface area contributed by atoms with Gasteiger partial charge in [0, 0.05) is 17.8 Å². The summed E-state index contributed by atoms with van der Waals surface area (Å²) in [6.07, 6.45) is 2.90. The molecule has 2 heterocycles. The normalized spacial score (nSPS) is 10.6. The zero-order valence-corrected chi connectivity index (χ0v) is 14.4. The van der Waals surface area contributed by atoms with E-state index in [1.54, 1.807) is 23.7 Å². The maximum atomic E-state index is 12.2. The molecule has 0 aliphatic heterocycles. The van der Waals surface area contributed by atoms with Crippen LogP contribution in [0.5, 0.6) is 11.5 Å². The highest BCUT2D eigenvalue weighted by atomic mass is 32.1. The van der Waals surface area contributed by atoms with E-state index < -0.39 is 5.91 Å². The van der Waals surface area contributed by atoms with E-state index in [1.807, 2.05) is 19.1 Å². The van der Waals surface area contributed by atoms with E-state index in [1.165, 1.54) is 21.9 Å². The third-order valence-corrected chi connectivity index (χ3v) is 4.15. The van der Waals surface area contributed by atoms with Crippen molar-refractivity contribution >= 4 is 22.2 Å². The number of nitrogens with one attached hydrogen (secondary N) is 1. The minimum Gasteiger partial charge on any atom is -0.494 e. The molecule has 7 nitrogen and oxygen atoms in total. The van der Waals surface area contributed by atoms with E-state index >= 15 is 0 Å². The lowest BCUT2D eigenvalue weighted by Crippen LogP contribution is -2.33. The first-order valence-electron chi connectivity index (χ1n) is 7.77. The Morgan fingerprint density at radius 1 is 1.24 bits per heavy atom. The molecule has 0 unspecified atom stereocenters. The molecule has 3 aromatic rings. The van der Waals surface area contributed by atoms with Crippen LogP contribution in [0.2, 0.25) is 0 Å². The van der Waals surface area contributed by atoms with Crippen molar-refractivity contribution in [3.63, 3.8) is 0 Å². The van der Waals surface area contributed by atoms with Crippen LogP contribution < -0.4 is 20.3 Å². The van der Waals surface area contributed by atoms with Crippen molar-refractivity contribution in [2.75, 3.05) is 19.8 Å². The Kier molecular flexibility index (Phi) is 5.30. The maximum Gasteiger partial charge on any atom is 0.271 e. The number of hydrogen-bond donors (Lipinski definition) is 1. The predicted molar refractivity (Wildman–Crippen MR) is 94.8 cm³/mol. The standard InChI is InChI=1S/C17H17N3O4S/c1-2-23-12-3-5-13(6-4-12)24-9-7-18-15(21)14-11-19-17-20(16(14)22)8-10-25-17/h3-6,8,10-11H,2,7,9H2,1H3,(H,18,21). The van der Waals surface area contributed by atoms with E-state index in [9.17, 15) is 9.59 Å². The van der Waals surface area contributed by atoms with Gasteiger partial charge < -0.3 is 14.8 Å². The van der Waals surface area contributed by atoms with E-state index in [0.717, 1.165) is 5.75 Å². The van der Waals surface area contributed by atoms with Crippen LogP contribution in [0.4, 0.5) is 0 Å². The fraction of sp³-hybridized carbons (Fsp3) is 0.235. The number of ether oxygens (including phenoxy) is 2. The van der Waals surface area contributed by atoms with Crippen molar-refractivity contribution in [1.82, 2.24) is 14.7 Å². The Morgan fingerprint density at radius 3 is 2.68 bits per heavy atom. The fourth-order valence-corrected chi connectivity index (χ4v) is 2.88. The van der Waals surface area contributed by atoms with Crippen LogP contribution in [0.1, 0.15) is 17.3 Å². The Labute approximate surface area is 147 Å². The molecule has 8 heteroatoms. The summed E-state index contributed by atoms with van der Waals surface area (Å²) in [6.45, 7) is 3.09. The van der Waals surface area contributed by atoms with E-state index in [0.29, 0.717) is 17.3 Å². The lowest BCUT2D eigenvalue weighted by atomic mass is 10.3. The Bertz CT molecular complexity index is 918. The van der Waals surface area contributed by atoms with Crippen molar-refractivity contribution in [3.05, 3.63) is 58.0 Å². The molecule has 0 bridgehead atoms. The van der Waals surface area contributed by atoms with Gasteiger partial charge in [-0.3, -0.25) is 14.0 Å². The van der Waals surface area contributed by atoms with Crippen molar-refractivity contribution in [2.45, 2.75) is 6.92 Å². The average Bonchev–Trinajstić information content (AvgIpc) is 3.10. The maximum absolute atomic E-state index is 12.2. The Hall–Kier alpha value is -2.87. The Morgan fingerprint density at radius 2 is 1.96 bits per heavy atom. The van der Waals surface area contributed by atoms with Gasteiger partial charge in [-0.15, -0.1) is 11.3 Å². The van der Waals surface area contributed by atoms with Crippen LogP contribution in [-0.2, 0) is 0 Å². The molecule has 0 saturated carbocycles. The molecule has 0 fully saturated rings. The molecule has 3 rings (SSSR count). The third kappa shape index (κ3) is 3.97. The molecule has 1 aromatic carbocycles. The second-order valence-electron chi connectivity index (χ2n) is 5.04. The number of hydrogen-bond acceptors (Lipinski definition) is 6. The van der Waals surface area contributed by atoms with Gasteiger partial charge in [0.15, 0.2) is 4.96 Å². The van der Waals surface area contributed by atoms with Crippen LogP contribution in [0.15, 0.2) is 46.8 Å². The van der Waals surface area contributed by atoms with Gasteiger partial charge in [0.2, 0.25) is 0 Å². The first-order chi connectivity index (χ1) is 12.2. The topological polar surface area (TPSA) is 81.9 Å². The van der Waals surface area contributed by atoms with Gasteiger partial charge >= 0.3 is 0 Å². The van der Waals surface area contributed by atoms with E-state index in [4.69, 9.17) is 9.47 Å². The van der Waals surface area contributed by atoms with Gasteiger partial charge in [-0.05, 0) is 31.2 Å². The molecular weight excluding hydrogens is 342 g/mol. The molecule has 1 amide bonds. The van der Waals surface area contributed by atoms with Crippen molar-refractivity contribution < 1.29 is 14.3 Å². The molecular formula is C17H17N3O4S. The second-order valence-corrected chi connectivity index (χ2v) is 5.91. The van der Waals surface area contributed by atoms with E-state index in [-0.39, 0.29) is 24.3 Å². The first kappa shape index (κ1) is 17.0. The van der Waals surface area contributed by atoms with Gasteiger partial charge in [-0.25, -0.2) is 4.98 Å². The minimum absolute atomic E-state index is 0.0111. The molecule has 0 aliphatic carbocycles. The van der Waals surface area contributed by atoms with Gasteiger partial charge in [0.05, 0.1) is 13.2 Å². The van der Waals surface area contributed by atoms with Crippen molar-refractivity contribution in [2.24, 2.45) is 0 Å².